The van der Waals surface area contributed by atoms with E-state index in [4.69, 9.17) is 9.15 Å². The molecule has 0 bridgehead atoms. The van der Waals surface area contributed by atoms with Crippen LogP contribution in [0.1, 0.15) is 53.6 Å². The Hall–Kier alpha value is -3.26. The summed E-state index contributed by atoms with van der Waals surface area (Å²) in [5.41, 5.74) is 0.201. The highest BCUT2D eigenvalue weighted by molar-refractivity contribution is 5.95. The molecule has 1 saturated heterocycles. The number of benzene rings is 1. The van der Waals surface area contributed by atoms with E-state index in [1.54, 1.807) is 0 Å². The minimum Gasteiger partial charge on any atom is -0.422 e. The third kappa shape index (κ3) is 5.14. The van der Waals surface area contributed by atoms with Gasteiger partial charge in [0, 0.05) is 17.7 Å². The molecule has 1 aromatic carbocycles. The highest BCUT2D eigenvalue weighted by Crippen LogP contribution is 2.42. The first-order valence-corrected chi connectivity index (χ1v) is 10.9. The van der Waals surface area contributed by atoms with Crippen LogP contribution in [0.5, 0.6) is 0 Å². The molecule has 0 radical (unpaired) electrons. The van der Waals surface area contributed by atoms with Crippen molar-refractivity contribution in [3.63, 3.8) is 0 Å². The molecule has 2 aromatic heterocycles. The van der Waals surface area contributed by atoms with Gasteiger partial charge in [-0.3, -0.25) is 9.53 Å². The number of rotatable bonds is 5. The van der Waals surface area contributed by atoms with E-state index in [2.05, 4.69) is 25.2 Å². The lowest BCUT2D eigenvalue weighted by molar-refractivity contribution is -0.352. The van der Waals surface area contributed by atoms with Gasteiger partial charge in [-0.2, -0.15) is 0 Å². The minimum absolute atomic E-state index is 0.00861. The second-order valence-corrected chi connectivity index (χ2v) is 8.68. The van der Waals surface area contributed by atoms with E-state index in [-0.39, 0.29) is 30.3 Å². The van der Waals surface area contributed by atoms with Crippen molar-refractivity contribution in [2.75, 3.05) is 6.61 Å². The highest BCUT2D eigenvalue weighted by atomic mass is 19.4. The van der Waals surface area contributed by atoms with Gasteiger partial charge in [0.05, 0.1) is 18.2 Å². The number of alkyl halides is 5. The van der Waals surface area contributed by atoms with Crippen molar-refractivity contribution in [2.24, 2.45) is 0 Å². The Bertz CT molecular complexity index is 1280. The zero-order valence-electron chi connectivity index (χ0n) is 18.3. The summed E-state index contributed by atoms with van der Waals surface area (Å²) in [6.45, 7) is -0.565. The predicted octanol–water partition coefficient (Wildman–Crippen LogP) is 4.43. The van der Waals surface area contributed by atoms with Crippen LogP contribution < -0.4 is 5.32 Å². The number of nitrogens with one attached hydrogen (secondary N) is 1. The van der Waals surface area contributed by atoms with Crippen LogP contribution in [0.15, 0.2) is 34.7 Å². The second kappa shape index (κ2) is 9.00. The maximum Gasteiger partial charge on any atom is 0.522 e. The van der Waals surface area contributed by atoms with Gasteiger partial charge in [-0.05, 0) is 37.1 Å². The Morgan fingerprint density at radius 1 is 1.11 bits per heavy atom. The molecule has 5 rings (SSSR count). The van der Waals surface area contributed by atoms with Crippen LogP contribution in [0.2, 0.25) is 0 Å². The zero-order chi connectivity index (χ0) is 25.7. The number of amides is 1. The Morgan fingerprint density at radius 2 is 1.86 bits per heavy atom. The summed E-state index contributed by atoms with van der Waals surface area (Å²) < 4.78 is 94.5. The van der Waals surface area contributed by atoms with Gasteiger partial charge in [0.25, 0.3) is 11.8 Å². The average molecular weight is 516 g/mol. The fourth-order valence-electron chi connectivity index (χ4n) is 4.14. The van der Waals surface area contributed by atoms with E-state index in [9.17, 15) is 31.1 Å². The molecule has 2 atom stereocenters. The van der Waals surface area contributed by atoms with Gasteiger partial charge < -0.3 is 14.5 Å². The van der Waals surface area contributed by atoms with Gasteiger partial charge in [-0.1, -0.05) is 6.07 Å². The van der Waals surface area contributed by atoms with Crippen molar-refractivity contribution in [1.29, 1.82) is 0 Å². The third-order valence-corrected chi connectivity index (χ3v) is 6.10. The molecular weight excluding hydrogens is 498 g/mol. The molecule has 1 amide bonds. The quantitative estimate of drug-likeness (QED) is 0.501. The highest BCUT2D eigenvalue weighted by Gasteiger charge is 2.49. The first-order chi connectivity index (χ1) is 17.0. The molecule has 14 heteroatoms. The maximum absolute atomic E-state index is 14.9. The van der Waals surface area contributed by atoms with Crippen LogP contribution in [0.3, 0.4) is 0 Å². The summed E-state index contributed by atoms with van der Waals surface area (Å²) >= 11 is 0. The molecule has 3 aromatic rings. The van der Waals surface area contributed by atoms with Gasteiger partial charge in [-0.15, -0.1) is 23.4 Å². The number of hydrogen-bond acceptors (Lipinski definition) is 7. The van der Waals surface area contributed by atoms with Crippen LogP contribution >= 0.6 is 0 Å². The predicted molar refractivity (Wildman–Crippen MR) is 108 cm³/mol. The van der Waals surface area contributed by atoms with Crippen LogP contribution in [0.4, 0.5) is 26.3 Å². The van der Waals surface area contributed by atoms with Crippen LogP contribution in [-0.2, 0) is 9.47 Å². The van der Waals surface area contributed by atoms with Crippen molar-refractivity contribution < 1.29 is 45.0 Å². The molecule has 8 nitrogen and oxygen atoms in total. The van der Waals surface area contributed by atoms with E-state index in [1.165, 1.54) is 30.3 Å². The van der Waals surface area contributed by atoms with Gasteiger partial charge >= 0.3 is 6.36 Å². The standard InChI is InChI=1S/C22H18F6N4O4/c23-12-2-4-14-10(5-12)1-3-15(29-14)18(33)30-17-9-34-16(8-21(17,24)25)20-32-31-19(35-20)11-6-13(7-11)36-22(26,27)28/h1-5,11,13,16-17H,6-9H2,(H,30,33)/t11?,13?,16-,17-/m0/s1. The summed E-state index contributed by atoms with van der Waals surface area (Å²) in [6.07, 6.45) is -7.88. The smallest absolute Gasteiger partial charge is 0.422 e. The van der Waals surface area contributed by atoms with Crippen LogP contribution in [-0.4, -0.2) is 52.1 Å². The van der Waals surface area contributed by atoms with Crippen molar-refractivity contribution in [3.8, 4) is 0 Å². The molecule has 36 heavy (non-hydrogen) atoms. The number of fused-ring (bicyclic) bond motifs is 1. The van der Waals surface area contributed by atoms with Crippen molar-refractivity contribution >= 4 is 16.8 Å². The Labute approximate surface area is 199 Å². The largest absolute Gasteiger partial charge is 0.522 e. The summed E-state index contributed by atoms with van der Waals surface area (Å²) in [7, 11) is 0. The summed E-state index contributed by atoms with van der Waals surface area (Å²) in [6, 6.07) is 4.86. The molecule has 1 N–H and O–H groups in total. The topological polar surface area (TPSA) is 99.4 Å². The molecule has 0 unspecified atom stereocenters. The normalized spacial score (nSPS) is 25.9. The number of carbonyl (C=O) groups is 1. The number of halogens is 6. The summed E-state index contributed by atoms with van der Waals surface area (Å²) in [4.78, 5) is 16.6. The lowest BCUT2D eigenvalue weighted by Crippen LogP contribution is -2.54. The van der Waals surface area contributed by atoms with Gasteiger partial charge in [-0.25, -0.2) is 18.2 Å². The Kier molecular flexibility index (Phi) is 6.11. The van der Waals surface area contributed by atoms with E-state index in [0.29, 0.717) is 10.9 Å². The maximum atomic E-state index is 14.9. The molecule has 0 spiro atoms. The summed E-state index contributed by atoms with van der Waals surface area (Å²) in [5.74, 6) is -5.41. The molecule has 192 valence electrons. The lowest BCUT2D eigenvalue weighted by Gasteiger charge is -2.35. The fraction of sp³-hybridized carbons (Fsp3) is 0.455. The van der Waals surface area contributed by atoms with E-state index < -0.39 is 61.2 Å². The number of aromatic nitrogens is 3. The third-order valence-electron chi connectivity index (χ3n) is 6.10. The van der Waals surface area contributed by atoms with E-state index in [0.717, 1.165) is 0 Å². The Morgan fingerprint density at radius 3 is 2.58 bits per heavy atom. The average Bonchev–Trinajstić information content (AvgIpc) is 3.25. The number of ether oxygens (including phenoxy) is 2. The molecule has 3 heterocycles. The molecular formula is C22H18F6N4O4. The second-order valence-electron chi connectivity index (χ2n) is 8.68. The van der Waals surface area contributed by atoms with E-state index >= 15 is 0 Å². The van der Waals surface area contributed by atoms with Crippen molar-refractivity contribution in [3.05, 3.63) is 53.6 Å². The molecule has 2 fully saturated rings. The SMILES string of the molecule is O=C(N[C@H]1CO[C@H](c2nnc(C3CC(OC(F)(F)F)C3)o2)CC1(F)F)c1ccc2cc(F)ccc2n1. The Balaban J connectivity index is 1.19. The first-order valence-electron chi connectivity index (χ1n) is 10.9. The zero-order valence-corrected chi connectivity index (χ0v) is 18.3. The van der Waals surface area contributed by atoms with Crippen LogP contribution in [0.25, 0.3) is 10.9 Å². The van der Waals surface area contributed by atoms with Gasteiger partial charge in [0.1, 0.15) is 23.7 Å². The van der Waals surface area contributed by atoms with Crippen LogP contribution in [0, 0.1) is 5.82 Å². The lowest BCUT2D eigenvalue weighted by atomic mass is 9.82. The fourth-order valence-corrected chi connectivity index (χ4v) is 4.14. The number of carbonyl (C=O) groups excluding carboxylic acids is 1. The van der Waals surface area contributed by atoms with Crippen molar-refractivity contribution in [1.82, 2.24) is 20.5 Å². The molecule has 1 aliphatic heterocycles. The number of nitrogens with zero attached hydrogens (tertiary/aromatic N) is 3. The first kappa shape index (κ1) is 24.4. The molecule has 1 aliphatic carbocycles. The number of pyridine rings is 1. The van der Waals surface area contributed by atoms with E-state index in [1.807, 2.05) is 0 Å². The molecule has 2 aliphatic rings. The number of hydrogen-bond donors (Lipinski definition) is 1. The monoisotopic (exact) mass is 516 g/mol. The minimum atomic E-state index is -4.74. The van der Waals surface area contributed by atoms with Gasteiger partial charge in [0.2, 0.25) is 11.8 Å². The van der Waals surface area contributed by atoms with Crippen molar-refractivity contribution in [2.45, 2.75) is 55.7 Å². The molecule has 1 saturated carbocycles. The summed E-state index contributed by atoms with van der Waals surface area (Å²) in [5, 5.41) is 10.1. The van der Waals surface area contributed by atoms with Gasteiger partial charge in [0.15, 0.2) is 0 Å².